The standard InChI is InChI=1S/C15H15F2NO2/c1-19-11-6-12(16)15(13(17)7-11)14-5-4-10(20-14)8-18-9-2-3-9/h4-7,9,18H,2-3,8H2,1H3. The average molecular weight is 279 g/mol. The molecule has 1 aromatic heterocycles. The molecule has 0 bridgehead atoms. The van der Waals surface area contributed by atoms with Crippen LogP contribution < -0.4 is 10.1 Å². The Morgan fingerprint density at radius 3 is 2.55 bits per heavy atom. The molecule has 20 heavy (non-hydrogen) atoms. The van der Waals surface area contributed by atoms with E-state index in [-0.39, 0.29) is 17.1 Å². The van der Waals surface area contributed by atoms with Crippen LogP contribution in [0.15, 0.2) is 28.7 Å². The molecule has 1 aromatic carbocycles. The molecule has 1 aliphatic rings. The van der Waals surface area contributed by atoms with Crippen molar-refractivity contribution in [3.05, 3.63) is 41.7 Å². The van der Waals surface area contributed by atoms with Gasteiger partial charge >= 0.3 is 0 Å². The minimum absolute atomic E-state index is 0.144. The molecule has 3 rings (SSSR count). The number of methoxy groups -OCH3 is 1. The highest BCUT2D eigenvalue weighted by Crippen LogP contribution is 2.31. The first kappa shape index (κ1) is 13.1. The Kier molecular flexibility index (Phi) is 3.44. The van der Waals surface area contributed by atoms with Crippen molar-refractivity contribution in [3.63, 3.8) is 0 Å². The highest BCUT2D eigenvalue weighted by Gasteiger charge is 2.21. The Labute approximate surface area is 115 Å². The van der Waals surface area contributed by atoms with E-state index in [9.17, 15) is 8.78 Å². The molecule has 3 nitrogen and oxygen atoms in total. The molecular weight excluding hydrogens is 264 g/mol. The van der Waals surface area contributed by atoms with E-state index in [1.165, 1.54) is 20.0 Å². The second kappa shape index (κ2) is 5.25. The molecular formula is C15H15F2NO2. The van der Waals surface area contributed by atoms with Gasteiger partial charge in [-0.15, -0.1) is 0 Å². The second-order valence-electron chi connectivity index (χ2n) is 4.89. The molecule has 0 atom stereocenters. The predicted molar refractivity (Wildman–Crippen MR) is 70.5 cm³/mol. The summed E-state index contributed by atoms with van der Waals surface area (Å²) < 4.78 is 38.2. The summed E-state index contributed by atoms with van der Waals surface area (Å²) in [4.78, 5) is 0. The number of nitrogens with one attached hydrogen (secondary N) is 1. The number of ether oxygens (including phenoxy) is 1. The number of benzene rings is 1. The molecule has 0 unspecified atom stereocenters. The molecule has 1 fully saturated rings. The zero-order valence-corrected chi connectivity index (χ0v) is 11.1. The maximum Gasteiger partial charge on any atom is 0.140 e. The Balaban J connectivity index is 1.84. The van der Waals surface area contributed by atoms with Crippen LogP contribution in [-0.4, -0.2) is 13.2 Å². The quantitative estimate of drug-likeness (QED) is 0.909. The Morgan fingerprint density at radius 1 is 1.25 bits per heavy atom. The van der Waals surface area contributed by atoms with E-state index in [0.29, 0.717) is 18.3 Å². The van der Waals surface area contributed by atoms with E-state index in [4.69, 9.17) is 9.15 Å². The van der Waals surface area contributed by atoms with Crippen molar-refractivity contribution >= 4 is 0 Å². The molecule has 5 heteroatoms. The summed E-state index contributed by atoms with van der Waals surface area (Å²) in [7, 11) is 1.36. The van der Waals surface area contributed by atoms with Crippen molar-refractivity contribution in [1.29, 1.82) is 0 Å². The average Bonchev–Trinajstić information content (AvgIpc) is 3.14. The molecule has 1 N–H and O–H groups in total. The molecule has 0 saturated heterocycles. The first-order valence-corrected chi connectivity index (χ1v) is 6.53. The van der Waals surface area contributed by atoms with Gasteiger partial charge in [-0.1, -0.05) is 0 Å². The van der Waals surface area contributed by atoms with Gasteiger partial charge in [-0.3, -0.25) is 0 Å². The van der Waals surface area contributed by atoms with Gasteiger partial charge in [0, 0.05) is 18.2 Å². The monoisotopic (exact) mass is 279 g/mol. The minimum atomic E-state index is -0.696. The lowest BCUT2D eigenvalue weighted by molar-refractivity contribution is 0.406. The molecule has 0 amide bonds. The molecule has 106 valence electrons. The van der Waals surface area contributed by atoms with Crippen LogP contribution in [0.3, 0.4) is 0 Å². The number of rotatable bonds is 5. The van der Waals surface area contributed by atoms with Crippen molar-refractivity contribution in [1.82, 2.24) is 5.32 Å². The summed E-state index contributed by atoms with van der Waals surface area (Å²) in [6.07, 6.45) is 2.35. The smallest absolute Gasteiger partial charge is 0.140 e. The van der Waals surface area contributed by atoms with Gasteiger partial charge in [-0.05, 0) is 25.0 Å². The van der Waals surface area contributed by atoms with Crippen molar-refractivity contribution in [3.8, 4) is 17.1 Å². The van der Waals surface area contributed by atoms with E-state index in [0.717, 1.165) is 12.1 Å². The van der Waals surface area contributed by atoms with Crippen molar-refractivity contribution < 1.29 is 17.9 Å². The van der Waals surface area contributed by atoms with Crippen molar-refractivity contribution in [2.24, 2.45) is 0 Å². The fourth-order valence-electron chi connectivity index (χ4n) is 2.04. The lowest BCUT2D eigenvalue weighted by Gasteiger charge is -2.05. The van der Waals surface area contributed by atoms with Gasteiger partial charge < -0.3 is 14.5 Å². The van der Waals surface area contributed by atoms with Gasteiger partial charge in [0.2, 0.25) is 0 Å². The number of halogens is 2. The van der Waals surface area contributed by atoms with Gasteiger partial charge in [0.1, 0.15) is 28.9 Å². The van der Waals surface area contributed by atoms with E-state index in [2.05, 4.69) is 5.32 Å². The normalized spacial score (nSPS) is 14.6. The summed E-state index contributed by atoms with van der Waals surface area (Å²) in [5.41, 5.74) is -0.163. The third kappa shape index (κ3) is 2.67. The lowest BCUT2D eigenvalue weighted by Crippen LogP contribution is -2.14. The highest BCUT2D eigenvalue weighted by molar-refractivity contribution is 5.60. The predicted octanol–water partition coefficient (Wildman–Crippen LogP) is 3.49. The van der Waals surface area contributed by atoms with Crippen LogP contribution in [0, 0.1) is 11.6 Å². The SMILES string of the molecule is COc1cc(F)c(-c2ccc(CNC3CC3)o2)c(F)c1. The number of furan rings is 1. The van der Waals surface area contributed by atoms with E-state index >= 15 is 0 Å². The molecule has 0 radical (unpaired) electrons. The largest absolute Gasteiger partial charge is 0.497 e. The van der Waals surface area contributed by atoms with Crippen LogP contribution in [0.25, 0.3) is 11.3 Å². The van der Waals surface area contributed by atoms with Gasteiger partial charge in [0.15, 0.2) is 0 Å². The fourth-order valence-corrected chi connectivity index (χ4v) is 2.04. The summed E-state index contributed by atoms with van der Waals surface area (Å²) >= 11 is 0. The minimum Gasteiger partial charge on any atom is -0.497 e. The fraction of sp³-hybridized carbons (Fsp3) is 0.333. The van der Waals surface area contributed by atoms with Crippen LogP contribution in [0.4, 0.5) is 8.78 Å². The van der Waals surface area contributed by atoms with Crippen LogP contribution in [-0.2, 0) is 6.54 Å². The molecule has 1 aliphatic carbocycles. The first-order valence-electron chi connectivity index (χ1n) is 6.53. The second-order valence-corrected chi connectivity index (χ2v) is 4.89. The van der Waals surface area contributed by atoms with Gasteiger partial charge in [0.05, 0.1) is 19.2 Å². The lowest BCUT2D eigenvalue weighted by atomic mass is 10.1. The Morgan fingerprint density at radius 2 is 1.95 bits per heavy atom. The van der Waals surface area contributed by atoms with Crippen LogP contribution in [0.5, 0.6) is 5.75 Å². The van der Waals surface area contributed by atoms with Gasteiger partial charge in [-0.25, -0.2) is 8.78 Å². The van der Waals surface area contributed by atoms with Gasteiger partial charge in [-0.2, -0.15) is 0 Å². The molecule has 0 aliphatic heterocycles. The summed E-state index contributed by atoms with van der Waals surface area (Å²) in [5.74, 6) is -0.390. The number of hydrogen-bond donors (Lipinski definition) is 1. The summed E-state index contributed by atoms with van der Waals surface area (Å²) in [5, 5.41) is 3.28. The molecule has 0 spiro atoms. The maximum atomic E-state index is 13.9. The first-order chi connectivity index (χ1) is 9.67. The highest BCUT2D eigenvalue weighted by atomic mass is 19.1. The van der Waals surface area contributed by atoms with Crippen LogP contribution in [0.2, 0.25) is 0 Å². The molecule has 1 heterocycles. The van der Waals surface area contributed by atoms with E-state index in [1.54, 1.807) is 12.1 Å². The third-order valence-corrected chi connectivity index (χ3v) is 3.30. The maximum absolute atomic E-state index is 13.9. The van der Waals surface area contributed by atoms with Crippen molar-refractivity contribution in [2.45, 2.75) is 25.4 Å². The zero-order chi connectivity index (χ0) is 14.1. The molecule has 1 saturated carbocycles. The van der Waals surface area contributed by atoms with Crippen LogP contribution >= 0.6 is 0 Å². The van der Waals surface area contributed by atoms with Crippen molar-refractivity contribution in [2.75, 3.05) is 7.11 Å². The van der Waals surface area contributed by atoms with E-state index in [1.807, 2.05) is 0 Å². The summed E-state index contributed by atoms with van der Waals surface area (Å²) in [6, 6.07) is 6.15. The Bertz CT molecular complexity index is 597. The third-order valence-electron chi connectivity index (χ3n) is 3.30. The van der Waals surface area contributed by atoms with E-state index < -0.39 is 11.6 Å². The Hall–Kier alpha value is -1.88. The number of hydrogen-bond acceptors (Lipinski definition) is 3. The molecule has 2 aromatic rings. The van der Waals surface area contributed by atoms with Gasteiger partial charge in [0.25, 0.3) is 0 Å². The zero-order valence-electron chi connectivity index (χ0n) is 11.1. The summed E-state index contributed by atoms with van der Waals surface area (Å²) in [6.45, 7) is 0.573. The topological polar surface area (TPSA) is 34.4 Å². The van der Waals surface area contributed by atoms with Crippen LogP contribution in [0.1, 0.15) is 18.6 Å².